The van der Waals surface area contributed by atoms with Gasteiger partial charge in [0, 0.05) is 32.3 Å². The van der Waals surface area contributed by atoms with Gasteiger partial charge < -0.3 is 10.2 Å². The van der Waals surface area contributed by atoms with Crippen LogP contribution in [-0.4, -0.2) is 22.2 Å². The van der Waals surface area contributed by atoms with Crippen molar-refractivity contribution < 1.29 is 39.3 Å². The molecule has 0 spiro atoms. The van der Waals surface area contributed by atoms with Gasteiger partial charge in [0.1, 0.15) is 0 Å². The molecule has 0 aliphatic heterocycles. The summed E-state index contributed by atoms with van der Waals surface area (Å²) in [5.74, 6) is -1.30. The maximum Gasteiger partial charge on any atom is 0.303 e. The molecule has 0 unspecified atom stereocenters. The van der Waals surface area contributed by atoms with Gasteiger partial charge in [-0.2, -0.15) is 0 Å². The Labute approximate surface area is 371 Å². The van der Waals surface area contributed by atoms with Gasteiger partial charge in [-0.15, -0.1) is 0 Å². The van der Waals surface area contributed by atoms with Crippen LogP contribution in [0.25, 0.3) is 0 Å². The van der Waals surface area contributed by atoms with Crippen molar-refractivity contribution in [1.29, 1.82) is 0 Å². The average Bonchev–Trinajstić information content (AvgIpc) is 3.18. The van der Waals surface area contributed by atoms with Crippen LogP contribution in [0, 0.1) is 0 Å². The molecule has 0 rings (SSSR count). The Kier molecular flexibility index (Phi) is 61.6. The van der Waals surface area contributed by atoms with E-state index in [0.29, 0.717) is 12.8 Å². The molecule has 0 aliphatic rings. The Bertz CT molecular complexity index is 669. The predicted octanol–water partition coefficient (Wildman–Crippen LogP) is 18.9. The molecular formula is C52H104O4Zn. The van der Waals surface area contributed by atoms with Crippen LogP contribution in [0.1, 0.15) is 322 Å². The summed E-state index contributed by atoms with van der Waals surface area (Å²) in [5.41, 5.74) is 0. The van der Waals surface area contributed by atoms with E-state index in [0.717, 1.165) is 25.7 Å². The standard InChI is InChI=1S/2C26H52O2.Zn/c2*1-2-3-4-5-6-7-8-9-10-11-12-13-14-15-16-17-18-19-20-21-22-23-24-25-26(27)28;/h2*2-25H2,1H3,(H,27,28);. The molecule has 338 valence electrons. The van der Waals surface area contributed by atoms with Gasteiger partial charge in [0.15, 0.2) is 0 Å². The minimum Gasteiger partial charge on any atom is -0.481 e. The van der Waals surface area contributed by atoms with Crippen LogP contribution >= 0.6 is 0 Å². The SMILES string of the molecule is CCCCCCCCCCCCCCCCCCCCCCCCCC(=O)O.CCCCCCCCCCCCCCCCCCCCCCCCCC(=O)O.[Zn]. The molecule has 0 saturated heterocycles. The van der Waals surface area contributed by atoms with Crippen molar-refractivity contribution in [2.45, 2.75) is 322 Å². The van der Waals surface area contributed by atoms with E-state index in [4.69, 9.17) is 10.2 Å². The Hall–Kier alpha value is -0.437. The van der Waals surface area contributed by atoms with Gasteiger partial charge in [0.25, 0.3) is 0 Å². The molecule has 0 aromatic heterocycles. The van der Waals surface area contributed by atoms with Crippen LogP contribution in [-0.2, 0) is 29.1 Å². The summed E-state index contributed by atoms with van der Waals surface area (Å²) in [6.07, 6.45) is 64.0. The van der Waals surface area contributed by atoms with Gasteiger partial charge in [-0.05, 0) is 12.8 Å². The van der Waals surface area contributed by atoms with E-state index in [-0.39, 0.29) is 19.5 Å². The number of carbonyl (C=O) groups is 2. The summed E-state index contributed by atoms with van der Waals surface area (Å²) in [5, 5.41) is 17.2. The second kappa shape index (κ2) is 57.7. The van der Waals surface area contributed by atoms with Crippen molar-refractivity contribution in [1.82, 2.24) is 0 Å². The van der Waals surface area contributed by atoms with Gasteiger partial charge >= 0.3 is 11.9 Å². The maximum absolute atomic E-state index is 10.4. The van der Waals surface area contributed by atoms with Crippen molar-refractivity contribution in [2.75, 3.05) is 0 Å². The minimum atomic E-state index is -0.650. The Morgan fingerprint density at radius 3 is 0.439 bits per heavy atom. The van der Waals surface area contributed by atoms with E-state index in [1.54, 1.807) is 0 Å². The summed E-state index contributed by atoms with van der Waals surface area (Å²) >= 11 is 0. The summed E-state index contributed by atoms with van der Waals surface area (Å²) < 4.78 is 0. The predicted molar refractivity (Wildman–Crippen MR) is 248 cm³/mol. The van der Waals surface area contributed by atoms with Gasteiger partial charge in [-0.3, -0.25) is 9.59 Å². The first-order valence-corrected chi connectivity index (χ1v) is 26.0. The fourth-order valence-corrected chi connectivity index (χ4v) is 8.12. The molecule has 4 nitrogen and oxygen atoms in total. The van der Waals surface area contributed by atoms with E-state index in [1.807, 2.05) is 0 Å². The molecule has 0 aromatic rings. The second-order valence-corrected chi connectivity index (χ2v) is 17.8. The fourth-order valence-electron chi connectivity index (χ4n) is 8.12. The summed E-state index contributed by atoms with van der Waals surface area (Å²) in [7, 11) is 0. The molecule has 0 aromatic carbocycles. The van der Waals surface area contributed by atoms with Crippen molar-refractivity contribution in [2.24, 2.45) is 0 Å². The molecule has 0 bridgehead atoms. The Morgan fingerprint density at radius 1 is 0.228 bits per heavy atom. The number of hydrogen-bond acceptors (Lipinski definition) is 2. The number of aliphatic carboxylic acids is 2. The number of unbranched alkanes of at least 4 members (excludes halogenated alkanes) is 44. The zero-order chi connectivity index (χ0) is 41.1. The number of hydrogen-bond donors (Lipinski definition) is 2. The van der Waals surface area contributed by atoms with Gasteiger partial charge in [-0.25, -0.2) is 0 Å². The minimum absolute atomic E-state index is 0. The second-order valence-electron chi connectivity index (χ2n) is 17.8. The third-order valence-corrected chi connectivity index (χ3v) is 12.0. The molecule has 2 N–H and O–H groups in total. The normalized spacial score (nSPS) is 11.0. The molecule has 0 heterocycles. The molecule has 0 atom stereocenters. The Morgan fingerprint density at radius 2 is 0.333 bits per heavy atom. The van der Waals surface area contributed by atoms with Crippen LogP contribution < -0.4 is 0 Å². The largest absolute Gasteiger partial charge is 0.481 e. The summed E-state index contributed by atoms with van der Waals surface area (Å²) in [4.78, 5) is 20.8. The van der Waals surface area contributed by atoms with Gasteiger partial charge in [0.2, 0.25) is 0 Å². The molecule has 57 heavy (non-hydrogen) atoms. The molecule has 0 radical (unpaired) electrons. The number of rotatable bonds is 48. The van der Waals surface area contributed by atoms with Crippen molar-refractivity contribution in [3.05, 3.63) is 0 Å². The van der Waals surface area contributed by atoms with Crippen LogP contribution in [0.3, 0.4) is 0 Å². The van der Waals surface area contributed by atoms with Crippen molar-refractivity contribution in [3.63, 3.8) is 0 Å². The molecule has 0 saturated carbocycles. The smallest absolute Gasteiger partial charge is 0.303 e. The first-order valence-electron chi connectivity index (χ1n) is 26.0. The van der Waals surface area contributed by atoms with Crippen molar-refractivity contribution >= 4 is 11.9 Å². The van der Waals surface area contributed by atoms with E-state index in [1.165, 1.54) is 270 Å². The van der Waals surface area contributed by atoms with Gasteiger partial charge in [-0.1, -0.05) is 296 Å². The van der Waals surface area contributed by atoms with E-state index >= 15 is 0 Å². The Balaban J connectivity index is -0.00000101. The van der Waals surface area contributed by atoms with Gasteiger partial charge in [0.05, 0.1) is 0 Å². The molecule has 0 aliphatic carbocycles. The third kappa shape index (κ3) is 64.9. The third-order valence-electron chi connectivity index (χ3n) is 12.0. The van der Waals surface area contributed by atoms with Crippen LogP contribution in [0.4, 0.5) is 0 Å². The number of carboxylic acids is 2. The molecule has 0 amide bonds. The van der Waals surface area contributed by atoms with E-state index < -0.39 is 11.9 Å². The van der Waals surface area contributed by atoms with E-state index in [9.17, 15) is 9.59 Å². The monoisotopic (exact) mass is 857 g/mol. The fraction of sp³-hybridized carbons (Fsp3) is 0.962. The number of carboxylic acid groups (broad SMARTS) is 2. The topological polar surface area (TPSA) is 74.6 Å². The summed E-state index contributed by atoms with van der Waals surface area (Å²) in [6, 6.07) is 0. The van der Waals surface area contributed by atoms with E-state index in [2.05, 4.69) is 13.8 Å². The zero-order valence-corrected chi connectivity index (χ0v) is 42.3. The molecule has 0 fully saturated rings. The van der Waals surface area contributed by atoms with Crippen LogP contribution in [0.2, 0.25) is 0 Å². The molecule has 5 heteroatoms. The maximum atomic E-state index is 10.4. The van der Waals surface area contributed by atoms with Crippen LogP contribution in [0.5, 0.6) is 0 Å². The first kappa shape index (κ1) is 60.9. The van der Waals surface area contributed by atoms with Crippen LogP contribution in [0.15, 0.2) is 0 Å². The summed E-state index contributed by atoms with van der Waals surface area (Å²) in [6.45, 7) is 4.58. The zero-order valence-electron chi connectivity index (χ0n) is 39.4. The molecular weight excluding hydrogens is 754 g/mol. The average molecular weight is 859 g/mol. The quantitative estimate of drug-likeness (QED) is 0.0472. The first-order chi connectivity index (χ1) is 27.5. The van der Waals surface area contributed by atoms with Crippen molar-refractivity contribution in [3.8, 4) is 0 Å².